The van der Waals surface area contributed by atoms with Crippen molar-refractivity contribution in [3.05, 3.63) is 29.3 Å². The highest BCUT2D eigenvalue weighted by molar-refractivity contribution is 6.01. The van der Waals surface area contributed by atoms with Crippen LogP contribution in [-0.2, 0) is 14.4 Å². The SMILES string of the molecule is Cc1cccc(N2CC(C(=O)N3CCN(C(C)C(=O)NC4CC4)CC3)CC2=O)c1C. The molecule has 0 radical (unpaired) electrons. The summed E-state index contributed by atoms with van der Waals surface area (Å²) < 4.78 is 0. The van der Waals surface area contributed by atoms with Gasteiger partial charge in [-0.15, -0.1) is 0 Å². The molecule has 1 saturated carbocycles. The number of carbonyl (C=O) groups excluding carboxylic acids is 3. The third-order valence-corrected chi connectivity index (χ3v) is 6.82. The van der Waals surface area contributed by atoms with Crippen molar-refractivity contribution in [3.8, 4) is 0 Å². The summed E-state index contributed by atoms with van der Waals surface area (Å²) in [7, 11) is 0. The molecule has 162 valence electrons. The van der Waals surface area contributed by atoms with Gasteiger partial charge in [-0.1, -0.05) is 12.1 Å². The maximum absolute atomic E-state index is 13.1. The van der Waals surface area contributed by atoms with Gasteiger partial charge in [-0.05, 0) is 50.8 Å². The minimum Gasteiger partial charge on any atom is -0.352 e. The van der Waals surface area contributed by atoms with Gasteiger partial charge in [-0.25, -0.2) is 0 Å². The highest BCUT2D eigenvalue weighted by Gasteiger charge is 2.39. The highest BCUT2D eigenvalue weighted by Crippen LogP contribution is 2.30. The minimum atomic E-state index is -0.292. The van der Waals surface area contributed by atoms with Crippen LogP contribution < -0.4 is 10.2 Å². The Labute approximate surface area is 178 Å². The average molecular weight is 413 g/mol. The number of nitrogens with one attached hydrogen (secondary N) is 1. The van der Waals surface area contributed by atoms with E-state index in [-0.39, 0.29) is 36.1 Å². The molecule has 3 aliphatic rings. The second-order valence-corrected chi connectivity index (χ2v) is 8.94. The van der Waals surface area contributed by atoms with Crippen molar-refractivity contribution in [2.24, 2.45) is 5.92 Å². The third-order valence-electron chi connectivity index (χ3n) is 6.82. The quantitative estimate of drug-likeness (QED) is 0.795. The predicted molar refractivity (Wildman–Crippen MR) is 115 cm³/mol. The molecule has 1 aromatic carbocycles. The Morgan fingerprint density at radius 1 is 1.10 bits per heavy atom. The van der Waals surface area contributed by atoms with Gasteiger partial charge in [0, 0.05) is 50.9 Å². The number of nitrogens with zero attached hydrogens (tertiary/aromatic N) is 3. The van der Waals surface area contributed by atoms with E-state index >= 15 is 0 Å². The first-order valence-electron chi connectivity index (χ1n) is 11.0. The lowest BCUT2D eigenvalue weighted by Crippen LogP contribution is -2.56. The van der Waals surface area contributed by atoms with Crippen molar-refractivity contribution in [1.29, 1.82) is 0 Å². The molecule has 2 heterocycles. The number of hydrogen-bond donors (Lipinski definition) is 1. The lowest BCUT2D eigenvalue weighted by Gasteiger charge is -2.38. The monoisotopic (exact) mass is 412 g/mol. The Morgan fingerprint density at radius 2 is 1.80 bits per heavy atom. The molecule has 1 aromatic rings. The van der Waals surface area contributed by atoms with E-state index in [0.29, 0.717) is 38.8 Å². The molecular weight excluding hydrogens is 380 g/mol. The molecule has 7 nitrogen and oxygen atoms in total. The standard InChI is InChI=1S/C23H32N4O3/c1-15-5-4-6-20(16(15)2)27-14-18(13-21(27)28)23(30)26-11-9-25(10-12-26)17(3)22(29)24-19-7-8-19/h4-6,17-19H,7-14H2,1-3H3,(H,24,29). The minimum absolute atomic E-state index is 0.0195. The number of amides is 3. The molecule has 0 spiro atoms. The topological polar surface area (TPSA) is 73.0 Å². The van der Waals surface area contributed by atoms with E-state index in [1.165, 1.54) is 0 Å². The smallest absolute Gasteiger partial charge is 0.237 e. The summed E-state index contributed by atoms with van der Waals surface area (Å²) in [6.07, 6.45) is 2.44. The zero-order valence-corrected chi connectivity index (χ0v) is 18.2. The molecule has 2 saturated heterocycles. The molecule has 1 N–H and O–H groups in total. The van der Waals surface area contributed by atoms with Gasteiger partial charge >= 0.3 is 0 Å². The maximum Gasteiger partial charge on any atom is 0.237 e. The highest BCUT2D eigenvalue weighted by atomic mass is 16.2. The first-order valence-corrected chi connectivity index (χ1v) is 11.0. The summed E-state index contributed by atoms with van der Waals surface area (Å²) in [6, 6.07) is 6.14. The number of rotatable bonds is 5. The van der Waals surface area contributed by atoms with E-state index in [4.69, 9.17) is 0 Å². The Hall–Kier alpha value is -2.41. The fourth-order valence-corrected chi connectivity index (χ4v) is 4.44. The van der Waals surface area contributed by atoms with Gasteiger partial charge in [-0.3, -0.25) is 19.3 Å². The van der Waals surface area contributed by atoms with Crippen LogP contribution in [-0.4, -0.2) is 72.3 Å². The van der Waals surface area contributed by atoms with Gasteiger partial charge in [0.15, 0.2) is 0 Å². The molecule has 7 heteroatoms. The molecule has 2 aliphatic heterocycles. The summed E-state index contributed by atoms with van der Waals surface area (Å²) in [5.74, 6) is -0.126. The zero-order chi connectivity index (χ0) is 21.4. The van der Waals surface area contributed by atoms with Crippen LogP contribution in [0.4, 0.5) is 5.69 Å². The third kappa shape index (κ3) is 4.21. The summed E-state index contributed by atoms with van der Waals surface area (Å²) in [5.41, 5.74) is 3.15. The molecule has 0 bridgehead atoms. The van der Waals surface area contributed by atoms with Gasteiger partial charge in [0.05, 0.1) is 12.0 Å². The number of anilines is 1. The van der Waals surface area contributed by atoms with Crippen LogP contribution in [0, 0.1) is 19.8 Å². The molecule has 3 amide bonds. The Balaban J connectivity index is 1.32. The largest absolute Gasteiger partial charge is 0.352 e. The van der Waals surface area contributed by atoms with Crippen LogP contribution in [0.2, 0.25) is 0 Å². The summed E-state index contributed by atoms with van der Waals surface area (Å²) >= 11 is 0. The van der Waals surface area contributed by atoms with Gasteiger partial charge in [0.2, 0.25) is 17.7 Å². The normalized spacial score (nSPS) is 23.6. The summed E-state index contributed by atoms with van der Waals surface area (Å²) in [6.45, 7) is 9.02. The van der Waals surface area contributed by atoms with Crippen LogP contribution in [0.3, 0.4) is 0 Å². The first-order chi connectivity index (χ1) is 14.3. The molecule has 4 rings (SSSR count). The second-order valence-electron chi connectivity index (χ2n) is 8.94. The molecule has 2 unspecified atom stereocenters. The van der Waals surface area contributed by atoms with Crippen LogP contribution >= 0.6 is 0 Å². The molecule has 2 atom stereocenters. The van der Waals surface area contributed by atoms with Crippen LogP contribution in [0.15, 0.2) is 18.2 Å². The Kier molecular flexibility index (Phi) is 5.82. The van der Waals surface area contributed by atoms with Crippen molar-refractivity contribution in [2.75, 3.05) is 37.6 Å². The van der Waals surface area contributed by atoms with E-state index in [1.54, 1.807) is 4.90 Å². The molecule has 30 heavy (non-hydrogen) atoms. The van der Waals surface area contributed by atoms with Gasteiger partial charge in [-0.2, -0.15) is 0 Å². The maximum atomic E-state index is 13.1. The number of carbonyl (C=O) groups is 3. The van der Waals surface area contributed by atoms with Crippen molar-refractivity contribution in [2.45, 2.75) is 52.1 Å². The van der Waals surface area contributed by atoms with Crippen molar-refractivity contribution in [3.63, 3.8) is 0 Å². The number of aryl methyl sites for hydroxylation is 1. The summed E-state index contributed by atoms with van der Waals surface area (Å²) in [5, 5.41) is 3.06. The fraction of sp³-hybridized carbons (Fsp3) is 0.609. The van der Waals surface area contributed by atoms with Crippen LogP contribution in [0.5, 0.6) is 0 Å². The van der Waals surface area contributed by atoms with E-state index in [0.717, 1.165) is 29.7 Å². The zero-order valence-electron chi connectivity index (χ0n) is 18.2. The molecule has 3 fully saturated rings. The lowest BCUT2D eigenvalue weighted by molar-refractivity contribution is -0.138. The first kappa shape index (κ1) is 20.8. The van der Waals surface area contributed by atoms with Gasteiger partial charge in [0.25, 0.3) is 0 Å². The number of benzene rings is 1. The van der Waals surface area contributed by atoms with Crippen molar-refractivity contribution in [1.82, 2.24) is 15.1 Å². The number of piperazine rings is 1. The molecule has 0 aromatic heterocycles. The van der Waals surface area contributed by atoms with E-state index < -0.39 is 0 Å². The fourth-order valence-electron chi connectivity index (χ4n) is 4.44. The van der Waals surface area contributed by atoms with E-state index in [2.05, 4.69) is 10.2 Å². The molecule has 1 aliphatic carbocycles. The number of hydrogen-bond acceptors (Lipinski definition) is 4. The van der Waals surface area contributed by atoms with Crippen molar-refractivity contribution < 1.29 is 14.4 Å². The van der Waals surface area contributed by atoms with E-state index in [9.17, 15) is 14.4 Å². The van der Waals surface area contributed by atoms with Gasteiger partial charge < -0.3 is 15.1 Å². The Morgan fingerprint density at radius 3 is 2.47 bits per heavy atom. The Bertz CT molecular complexity index is 843. The second kappa shape index (κ2) is 8.38. The van der Waals surface area contributed by atoms with Gasteiger partial charge in [0.1, 0.15) is 0 Å². The summed E-state index contributed by atoms with van der Waals surface area (Å²) in [4.78, 5) is 43.8. The lowest BCUT2D eigenvalue weighted by atomic mass is 10.1. The van der Waals surface area contributed by atoms with Crippen LogP contribution in [0.25, 0.3) is 0 Å². The average Bonchev–Trinajstić information content (AvgIpc) is 3.48. The predicted octanol–water partition coefficient (Wildman–Crippen LogP) is 1.47. The van der Waals surface area contributed by atoms with E-state index in [1.807, 2.05) is 43.9 Å². The van der Waals surface area contributed by atoms with Crippen molar-refractivity contribution >= 4 is 23.4 Å². The van der Waals surface area contributed by atoms with Crippen LogP contribution in [0.1, 0.15) is 37.3 Å². The molecular formula is C23H32N4O3.